The third kappa shape index (κ3) is 6.05. The Balaban J connectivity index is 2.25. The fourth-order valence-electron chi connectivity index (χ4n) is 1.42. The van der Waals surface area contributed by atoms with Gasteiger partial charge in [-0.2, -0.15) is 0 Å². The van der Waals surface area contributed by atoms with E-state index in [1.807, 2.05) is 24.3 Å². The van der Waals surface area contributed by atoms with E-state index in [2.05, 4.69) is 10.6 Å². The number of benzene rings is 1. The van der Waals surface area contributed by atoms with Crippen molar-refractivity contribution in [1.29, 1.82) is 0 Å². The zero-order valence-corrected chi connectivity index (χ0v) is 11.9. The number of alkyl carbamates (subject to hydrolysis) is 1. The molecule has 1 aromatic carbocycles. The number of hydrogen-bond acceptors (Lipinski definition) is 4. The molecular formula is C13H18N2O3S. The molecule has 0 saturated heterocycles. The van der Waals surface area contributed by atoms with Gasteiger partial charge in [-0.3, -0.25) is 5.32 Å². The Hall–Kier alpha value is -1.82. The zero-order valence-electron chi connectivity index (χ0n) is 11.1. The SMILES string of the molecule is CCOC(=O)NC(=S)NCCc1ccc(OC)cc1. The maximum atomic E-state index is 11.1. The van der Waals surface area contributed by atoms with Gasteiger partial charge >= 0.3 is 6.09 Å². The van der Waals surface area contributed by atoms with Gasteiger partial charge in [0.05, 0.1) is 13.7 Å². The molecule has 0 spiro atoms. The summed E-state index contributed by atoms with van der Waals surface area (Å²) in [6, 6.07) is 7.79. The molecule has 5 nitrogen and oxygen atoms in total. The van der Waals surface area contributed by atoms with Crippen LogP contribution in [-0.2, 0) is 11.2 Å². The molecule has 0 aliphatic heterocycles. The molecule has 0 radical (unpaired) electrons. The normalized spacial score (nSPS) is 9.58. The first-order valence-electron chi connectivity index (χ1n) is 6.00. The van der Waals surface area contributed by atoms with Gasteiger partial charge in [0.25, 0.3) is 0 Å². The van der Waals surface area contributed by atoms with Crippen LogP contribution in [0.5, 0.6) is 5.75 Å². The van der Waals surface area contributed by atoms with E-state index in [0.717, 1.165) is 17.7 Å². The van der Waals surface area contributed by atoms with Gasteiger partial charge in [-0.05, 0) is 43.3 Å². The molecular weight excluding hydrogens is 264 g/mol. The monoisotopic (exact) mass is 282 g/mol. The van der Waals surface area contributed by atoms with Gasteiger partial charge < -0.3 is 14.8 Å². The average molecular weight is 282 g/mol. The van der Waals surface area contributed by atoms with Gasteiger partial charge in [-0.25, -0.2) is 4.79 Å². The van der Waals surface area contributed by atoms with Gasteiger partial charge in [0.15, 0.2) is 5.11 Å². The lowest BCUT2D eigenvalue weighted by Crippen LogP contribution is -2.40. The Kier molecular flexibility index (Phi) is 6.67. The van der Waals surface area contributed by atoms with E-state index < -0.39 is 6.09 Å². The van der Waals surface area contributed by atoms with Gasteiger partial charge in [-0.1, -0.05) is 12.1 Å². The van der Waals surface area contributed by atoms with Crippen molar-refractivity contribution in [3.05, 3.63) is 29.8 Å². The first-order valence-corrected chi connectivity index (χ1v) is 6.41. The predicted molar refractivity (Wildman–Crippen MR) is 77.5 cm³/mol. The van der Waals surface area contributed by atoms with Crippen molar-refractivity contribution < 1.29 is 14.3 Å². The molecule has 2 N–H and O–H groups in total. The van der Waals surface area contributed by atoms with Crippen LogP contribution in [0.2, 0.25) is 0 Å². The lowest BCUT2D eigenvalue weighted by atomic mass is 10.1. The summed E-state index contributed by atoms with van der Waals surface area (Å²) in [4.78, 5) is 11.1. The number of methoxy groups -OCH3 is 1. The second kappa shape index (κ2) is 8.31. The van der Waals surface area contributed by atoms with Crippen molar-refractivity contribution in [2.24, 2.45) is 0 Å². The van der Waals surface area contributed by atoms with Crippen molar-refractivity contribution >= 4 is 23.4 Å². The van der Waals surface area contributed by atoms with Crippen LogP contribution < -0.4 is 15.4 Å². The number of nitrogens with one attached hydrogen (secondary N) is 2. The molecule has 0 saturated carbocycles. The minimum absolute atomic E-state index is 0.270. The van der Waals surface area contributed by atoms with E-state index in [4.69, 9.17) is 21.7 Å². The number of amides is 1. The molecule has 1 rings (SSSR count). The number of rotatable bonds is 5. The Bertz CT molecular complexity index is 420. The first kappa shape index (κ1) is 15.2. The third-order valence-corrected chi connectivity index (χ3v) is 2.60. The van der Waals surface area contributed by atoms with Gasteiger partial charge in [0.1, 0.15) is 5.75 Å². The molecule has 0 bridgehead atoms. The molecule has 6 heteroatoms. The molecule has 0 aliphatic carbocycles. The molecule has 1 amide bonds. The molecule has 0 aromatic heterocycles. The summed E-state index contributed by atoms with van der Waals surface area (Å²) in [6.07, 6.45) is 0.263. The summed E-state index contributed by atoms with van der Waals surface area (Å²) in [5.41, 5.74) is 1.16. The Labute approximate surface area is 118 Å². The minimum Gasteiger partial charge on any atom is -0.497 e. The van der Waals surface area contributed by atoms with Crippen molar-refractivity contribution in [2.45, 2.75) is 13.3 Å². The molecule has 0 aliphatic rings. The fourth-order valence-corrected chi connectivity index (χ4v) is 1.60. The molecule has 0 unspecified atom stereocenters. The van der Waals surface area contributed by atoms with Crippen molar-refractivity contribution in [2.75, 3.05) is 20.3 Å². The van der Waals surface area contributed by atoms with Crippen LogP contribution in [0.25, 0.3) is 0 Å². The number of thiocarbonyl (C=S) groups is 1. The second-order valence-electron chi connectivity index (χ2n) is 3.70. The van der Waals surface area contributed by atoms with Crippen LogP contribution in [0.15, 0.2) is 24.3 Å². The molecule has 104 valence electrons. The number of hydrogen-bond donors (Lipinski definition) is 2. The van der Waals surface area contributed by atoms with Crippen LogP contribution in [-0.4, -0.2) is 31.5 Å². The van der Waals surface area contributed by atoms with E-state index in [-0.39, 0.29) is 5.11 Å². The van der Waals surface area contributed by atoms with Gasteiger partial charge in [0, 0.05) is 6.54 Å². The van der Waals surface area contributed by atoms with Crippen molar-refractivity contribution in [1.82, 2.24) is 10.6 Å². The molecule has 0 fully saturated rings. The summed E-state index contributed by atoms with van der Waals surface area (Å²) < 4.78 is 9.79. The summed E-state index contributed by atoms with van der Waals surface area (Å²) in [5.74, 6) is 0.830. The highest BCUT2D eigenvalue weighted by atomic mass is 32.1. The van der Waals surface area contributed by atoms with Crippen molar-refractivity contribution in [3.63, 3.8) is 0 Å². The second-order valence-corrected chi connectivity index (χ2v) is 4.11. The highest BCUT2D eigenvalue weighted by Crippen LogP contribution is 2.11. The van der Waals surface area contributed by atoms with E-state index >= 15 is 0 Å². The summed E-state index contributed by atoms with van der Waals surface area (Å²) >= 11 is 4.96. The summed E-state index contributed by atoms with van der Waals surface area (Å²) in [6.45, 7) is 2.69. The van der Waals surface area contributed by atoms with Crippen LogP contribution in [0.1, 0.15) is 12.5 Å². The van der Waals surface area contributed by atoms with E-state index in [1.165, 1.54) is 0 Å². The fraction of sp³-hybridized carbons (Fsp3) is 0.385. The number of carbonyl (C=O) groups excluding carboxylic acids is 1. The topological polar surface area (TPSA) is 59.6 Å². The van der Waals surface area contributed by atoms with Crippen LogP contribution in [0.3, 0.4) is 0 Å². The Morgan fingerprint density at radius 1 is 1.32 bits per heavy atom. The van der Waals surface area contributed by atoms with E-state index in [0.29, 0.717) is 13.2 Å². The molecule has 19 heavy (non-hydrogen) atoms. The highest BCUT2D eigenvalue weighted by molar-refractivity contribution is 7.80. The highest BCUT2D eigenvalue weighted by Gasteiger charge is 2.03. The first-order chi connectivity index (χ1) is 9.15. The lowest BCUT2D eigenvalue weighted by molar-refractivity contribution is 0.157. The average Bonchev–Trinajstić information content (AvgIpc) is 2.39. The standard InChI is InChI=1S/C13H18N2O3S/c1-3-18-13(16)15-12(19)14-9-8-10-4-6-11(17-2)7-5-10/h4-7H,3,8-9H2,1-2H3,(H2,14,15,16,19). The van der Waals surface area contributed by atoms with Crippen molar-refractivity contribution in [3.8, 4) is 5.75 Å². The van der Waals surface area contributed by atoms with E-state index in [1.54, 1.807) is 14.0 Å². The minimum atomic E-state index is -0.538. The number of ether oxygens (including phenoxy) is 2. The predicted octanol–water partition coefficient (Wildman–Crippen LogP) is 1.86. The van der Waals surface area contributed by atoms with Gasteiger partial charge in [0.2, 0.25) is 0 Å². The lowest BCUT2D eigenvalue weighted by Gasteiger charge is -2.09. The maximum absolute atomic E-state index is 11.1. The van der Waals surface area contributed by atoms with Gasteiger partial charge in [-0.15, -0.1) is 0 Å². The molecule has 0 heterocycles. The Morgan fingerprint density at radius 2 is 2.00 bits per heavy atom. The van der Waals surface area contributed by atoms with Crippen LogP contribution in [0, 0.1) is 0 Å². The zero-order chi connectivity index (χ0) is 14.1. The molecule has 0 atom stereocenters. The smallest absolute Gasteiger partial charge is 0.413 e. The molecule has 1 aromatic rings. The summed E-state index contributed by atoms with van der Waals surface area (Å²) in [7, 11) is 1.63. The largest absolute Gasteiger partial charge is 0.497 e. The number of carbonyl (C=O) groups is 1. The summed E-state index contributed by atoms with van der Waals surface area (Å²) in [5, 5.41) is 5.63. The Morgan fingerprint density at radius 3 is 2.58 bits per heavy atom. The maximum Gasteiger partial charge on any atom is 0.413 e. The third-order valence-electron chi connectivity index (χ3n) is 2.35. The van der Waals surface area contributed by atoms with Crippen LogP contribution in [0.4, 0.5) is 4.79 Å². The van der Waals surface area contributed by atoms with E-state index in [9.17, 15) is 4.79 Å². The quantitative estimate of drug-likeness (QED) is 0.807. The van der Waals surface area contributed by atoms with Crippen LogP contribution >= 0.6 is 12.2 Å².